The number of rotatable bonds is 6. The number of piperidine rings is 1. The van der Waals surface area contributed by atoms with Gasteiger partial charge in [0.25, 0.3) is 0 Å². The zero-order valence-electron chi connectivity index (χ0n) is 19.9. The second kappa shape index (κ2) is 9.09. The molecule has 0 unspecified atom stereocenters. The molecule has 2 aromatic carbocycles. The van der Waals surface area contributed by atoms with Crippen LogP contribution < -0.4 is 5.32 Å². The first-order chi connectivity index (χ1) is 15.3. The number of carbonyl (C=O) groups excluding carboxylic acids is 2. The van der Waals surface area contributed by atoms with Gasteiger partial charge in [-0.1, -0.05) is 61.0 Å². The van der Waals surface area contributed by atoms with E-state index >= 15 is 0 Å². The Morgan fingerprint density at radius 3 is 2.28 bits per heavy atom. The minimum Gasteiger partial charge on any atom is -0.353 e. The maximum Gasteiger partial charge on any atom is 0.226 e. The third-order valence-corrected chi connectivity index (χ3v) is 7.21. The molecule has 32 heavy (non-hydrogen) atoms. The molecule has 4 nitrogen and oxygen atoms in total. The maximum absolute atomic E-state index is 13.3. The number of carbonyl (C=O) groups is 2. The number of hydrogen-bond acceptors (Lipinski definition) is 2. The summed E-state index contributed by atoms with van der Waals surface area (Å²) >= 11 is 0. The van der Waals surface area contributed by atoms with E-state index in [2.05, 4.69) is 67.7 Å². The quantitative estimate of drug-likeness (QED) is 0.699. The molecule has 1 heterocycles. The summed E-state index contributed by atoms with van der Waals surface area (Å²) in [5, 5.41) is 3.16. The molecule has 1 saturated heterocycles. The van der Waals surface area contributed by atoms with Gasteiger partial charge in [0.2, 0.25) is 11.8 Å². The van der Waals surface area contributed by atoms with E-state index < -0.39 is 5.41 Å². The van der Waals surface area contributed by atoms with E-state index in [0.29, 0.717) is 25.4 Å². The van der Waals surface area contributed by atoms with Crippen LogP contribution in [0.4, 0.5) is 0 Å². The maximum atomic E-state index is 13.3. The van der Waals surface area contributed by atoms with Crippen molar-refractivity contribution in [2.24, 2.45) is 17.3 Å². The van der Waals surface area contributed by atoms with Crippen LogP contribution in [0.2, 0.25) is 0 Å². The average molecular weight is 433 g/mol. The molecule has 170 valence electrons. The molecule has 2 amide bonds. The van der Waals surface area contributed by atoms with Gasteiger partial charge < -0.3 is 10.2 Å². The molecule has 0 radical (unpaired) electrons. The highest BCUT2D eigenvalue weighted by atomic mass is 16.2. The van der Waals surface area contributed by atoms with Gasteiger partial charge in [-0.05, 0) is 69.1 Å². The Hall–Kier alpha value is -2.62. The van der Waals surface area contributed by atoms with Crippen LogP contribution in [-0.2, 0) is 16.0 Å². The summed E-state index contributed by atoms with van der Waals surface area (Å²) in [6.45, 7) is 9.62. The molecule has 2 aromatic rings. The summed E-state index contributed by atoms with van der Waals surface area (Å²) in [6.07, 6.45) is 3.17. The molecule has 2 aliphatic rings. The Kier molecular flexibility index (Phi) is 6.41. The summed E-state index contributed by atoms with van der Waals surface area (Å²) in [5.41, 5.74) is 4.37. The van der Waals surface area contributed by atoms with Crippen molar-refractivity contribution in [1.29, 1.82) is 0 Å². The summed E-state index contributed by atoms with van der Waals surface area (Å²) < 4.78 is 0. The number of nitrogens with one attached hydrogen (secondary N) is 1. The topological polar surface area (TPSA) is 49.4 Å². The summed E-state index contributed by atoms with van der Waals surface area (Å²) in [4.78, 5) is 28.0. The predicted molar refractivity (Wildman–Crippen MR) is 129 cm³/mol. The summed E-state index contributed by atoms with van der Waals surface area (Å²) in [5.74, 6) is 1.14. The molecule has 4 heteroatoms. The van der Waals surface area contributed by atoms with E-state index in [1.54, 1.807) is 0 Å². The lowest BCUT2D eigenvalue weighted by molar-refractivity contribution is -0.141. The SMILES string of the molecule is Cc1cccc(-c2ccc(CC3(C(=O)NC(C)C)CCN(C(=O)[C@H]4C[C@@H]4C)CC3)cc2)c1. The van der Waals surface area contributed by atoms with Gasteiger partial charge in [0.05, 0.1) is 5.41 Å². The number of amides is 2. The molecule has 1 aliphatic carbocycles. The number of likely N-dealkylation sites (tertiary alicyclic amines) is 1. The van der Waals surface area contributed by atoms with Crippen LogP contribution in [0, 0.1) is 24.2 Å². The Bertz CT molecular complexity index is 971. The molecular formula is C28H36N2O2. The lowest BCUT2D eigenvalue weighted by Gasteiger charge is -2.41. The fraction of sp³-hybridized carbons (Fsp3) is 0.500. The zero-order valence-corrected chi connectivity index (χ0v) is 19.9. The molecule has 1 saturated carbocycles. The molecule has 0 bridgehead atoms. The second-order valence-electron chi connectivity index (χ2n) is 10.3. The standard InChI is InChI=1S/C28H36N2O2/c1-19(2)29-27(32)28(12-14-30(15-13-28)26(31)25-17-21(25)4)18-22-8-10-23(11-9-22)24-7-5-6-20(3)16-24/h5-11,16,19,21,25H,12-15,17-18H2,1-4H3,(H,29,32)/t21-,25-/m0/s1. The van der Waals surface area contributed by atoms with Crippen molar-refractivity contribution >= 4 is 11.8 Å². The van der Waals surface area contributed by atoms with Crippen LogP contribution in [-0.4, -0.2) is 35.8 Å². The number of hydrogen-bond donors (Lipinski definition) is 1. The normalized spacial score (nSPS) is 22.0. The minimum absolute atomic E-state index is 0.107. The largest absolute Gasteiger partial charge is 0.353 e. The van der Waals surface area contributed by atoms with Crippen LogP contribution in [0.3, 0.4) is 0 Å². The highest BCUT2D eigenvalue weighted by Gasteiger charge is 2.46. The Morgan fingerprint density at radius 2 is 1.72 bits per heavy atom. The van der Waals surface area contributed by atoms with E-state index in [9.17, 15) is 9.59 Å². The van der Waals surface area contributed by atoms with Gasteiger partial charge in [-0.3, -0.25) is 9.59 Å². The highest BCUT2D eigenvalue weighted by molar-refractivity contribution is 5.85. The third kappa shape index (κ3) is 4.90. The lowest BCUT2D eigenvalue weighted by Crippen LogP contribution is -2.52. The molecule has 1 aliphatic heterocycles. The lowest BCUT2D eigenvalue weighted by atomic mass is 9.72. The first-order valence-electron chi connectivity index (χ1n) is 12.0. The summed E-state index contributed by atoms with van der Waals surface area (Å²) in [6, 6.07) is 17.3. The molecule has 0 aromatic heterocycles. The predicted octanol–water partition coefficient (Wildman–Crippen LogP) is 4.99. The van der Waals surface area contributed by atoms with Crippen LogP contribution in [0.5, 0.6) is 0 Å². The molecule has 2 fully saturated rings. The van der Waals surface area contributed by atoms with Crippen molar-refractivity contribution in [1.82, 2.24) is 10.2 Å². The molecule has 2 atom stereocenters. The fourth-order valence-electron chi connectivity index (χ4n) is 4.99. The Morgan fingerprint density at radius 1 is 1.06 bits per heavy atom. The third-order valence-electron chi connectivity index (χ3n) is 7.21. The van der Waals surface area contributed by atoms with Crippen molar-refractivity contribution in [3.05, 3.63) is 59.7 Å². The van der Waals surface area contributed by atoms with Crippen molar-refractivity contribution < 1.29 is 9.59 Å². The first kappa shape index (κ1) is 22.6. The van der Waals surface area contributed by atoms with Crippen LogP contribution in [0.25, 0.3) is 11.1 Å². The van der Waals surface area contributed by atoms with Gasteiger partial charge in [-0.25, -0.2) is 0 Å². The second-order valence-corrected chi connectivity index (χ2v) is 10.3. The first-order valence-corrected chi connectivity index (χ1v) is 12.0. The fourth-order valence-corrected chi connectivity index (χ4v) is 4.99. The van der Waals surface area contributed by atoms with Crippen molar-refractivity contribution in [2.45, 2.75) is 59.4 Å². The van der Waals surface area contributed by atoms with E-state index in [-0.39, 0.29) is 23.8 Å². The van der Waals surface area contributed by atoms with Gasteiger partial charge in [0.1, 0.15) is 0 Å². The van der Waals surface area contributed by atoms with Crippen molar-refractivity contribution in [3.8, 4) is 11.1 Å². The number of nitrogens with zero attached hydrogens (tertiary/aromatic N) is 1. The number of benzene rings is 2. The van der Waals surface area contributed by atoms with Gasteiger partial charge >= 0.3 is 0 Å². The van der Waals surface area contributed by atoms with Gasteiger partial charge in [-0.15, -0.1) is 0 Å². The molecule has 4 rings (SSSR count). The molecular weight excluding hydrogens is 396 g/mol. The van der Waals surface area contributed by atoms with E-state index in [1.165, 1.54) is 22.3 Å². The van der Waals surface area contributed by atoms with Crippen molar-refractivity contribution in [2.75, 3.05) is 13.1 Å². The smallest absolute Gasteiger partial charge is 0.226 e. The Balaban J connectivity index is 1.50. The summed E-state index contributed by atoms with van der Waals surface area (Å²) in [7, 11) is 0. The zero-order chi connectivity index (χ0) is 22.9. The average Bonchev–Trinajstić information content (AvgIpc) is 3.50. The molecule has 1 N–H and O–H groups in total. The van der Waals surface area contributed by atoms with E-state index in [1.807, 2.05) is 18.7 Å². The number of aryl methyl sites for hydroxylation is 1. The van der Waals surface area contributed by atoms with E-state index in [4.69, 9.17) is 0 Å². The van der Waals surface area contributed by atoms with Crippen molar-refractivity contribution in [3.63, 3.8) is 0 Å². The monoisotopic (exact) mass is 432 g/mol. The van der Waals surface area contributed by atoms with Crippen LogP contribution in [0.15, 0.2) is 48.5 Å². The molecule has 0 spiro atoms. The van der Waals surface area contributed by atoms with E-state index in [0.717, 1.165) is 19.3 Å². The highest BCUT2D eigenvalue weighted by Crippen LogP contribution is 2.42. The van der Waals surface area contributed by atoms with Gasteiger partial charge in [-0.2, -0.15) is 0 Å². The van der Waals surface area contributed by atoms with Gasteiger partial charge in [0, 0.05) is 25.0 Å². The van der Waals surface area contributed by atoms with Crippen LogP contribution in [0.1, 0.15) is 51.2 Å². The van der Waals surface area contributed by atoms with Crippen LogP contribution >= 0.6 is 0 Å². The minimum atomic E-state index is -0.457. The Labute approximate surface area is 192 Å². The van der Waals surface area contributed by atoms with Gasteiger partial charge in [0.15, 0.2) is 0 Å².